The van der Waals surface area contributed by atoms with E-state index in [9.17, 15) is 17.6 Å². The van der Waals surface area contributed by atoms with E-state index in [4.69, 9.17) is 0 Å². The minimum Gasteiger partial charge on any atom is -0.284 e. The third-order valence-corrected chi connectivity index (χ3v) is 5.10. The number of nitrogens with one attached hydrogen (secondary N) is 1. The molecule has 1 N–H and O–H groups in total. The van der Waals surface area contributed by atoms with E-state index < -0.39 is 21.5 Å². The van der Waals surface area contributed by atoms with Gasteiger partial charge in [0.1, 0.15) is 5.82 Å². The predicted octanol–water partition coefficient (Wildman–Crippen LogP) is 3.92. The van der Waals surface area contributed by atoms with Gasteiger partial charge in [0.15, 0.2) is 0 Å². The Morgan fingerprint density at radius 2 is 1.86 bits per heavy atom. The van der Waals surface area contributed by atoms with Gasteiger partial charge in [0.2, 0.25) is 15.9 Å². The second-order valence-corrected chi connectivity index (χ2v) is 9.92. The normalized spacial score (nSPS) is 17.2. The lowest BCUT2D eigenvalue weighted by molar-refractivity contribution is -0.141. The highest BCUT2D eigenvalue weighted by Crippen LogP contribution is 2.36. The van der Waals surface area contributed by atoms with Crippen LogP contribution in [0.15, 0.2) is 53.6 Å². The average molecular weight is 418 g/mol. The molecule has 1 aliphatic heterocycles. The molecule has 1 atom stereocenters. The van der Waals surface area contributed by atoms with Crippen LogP contribution in [0.2, 0.25) is 0 Å². The quantitative estimate of drug-likeness (QED) is 0.819. The number of halogens is 1. The third-order valence-electron chi connectivity index (χ3n) is 4.49. The van der Waals surface area contributed by atoms with E-state index in [1.54, 1.807) is 36.4 Å². The maximum Gasteiger partial charge on any atom is 0.248 e. The number of hydrogen-bond donors (Lipinski definition) is 1. The van der Waals surface area contributed by atoms with Crippen LogP contribution in [0.1, 0.15) is 44.4 Å². The SMILES string of the molecule is CC(C)(C)C(=O)N1N=C(c2cccc(NS(C)(=O)=O)c2)C[C@@H]1c1cccc(F)c1. The fourth-order valence-electron chi connectivity index (χ4n) is 3.17. The molecule has 2 aromatic carbocycles. The first-order valence-electron chi connectivity index (χ1n) is 9.19. The Hall–Kier alpha value is -2.74. The number of hydrazone groups is 1. The standard InChI is InChI=1S/C21H24FN3O3S/c1-21(2,3)20(26)25-19(15-8-5-9-16(22)11-15)13-18(23-25)14-7-6-10-17(12-14)24-29(4,27)28/h5-12,19,24H,13H2,1-4H3/t19-/m1/s1. The number of carbonyl (C=O) groups is 1. The van der Waals surface area contributed by atoms with Crippen molar-refractivity contribution in [2.75, 3.05) is 11.0 Å². The summed E-state index contributed by atoms with van der Waals surface area (Å²) in [6, 6.07) is 12.6. The lowest BCUT2D eigenvalue weighted by Crippen LogP contribution is -2.36. The van der Waals surface area contributed by atoms with Crippen molar-refractivity contribution in [2.24, 2.45) is 10.5 Å². The molecule has 1 amide bonds. The van der Waals surface area contributed by atoms with Crippen LogP contribution in [0.4, 0.5) is 10.1 Å². The molecule has 0 saturated heterocycles. The van der Waals surface area contributed by atoms with E-state index in [1.807, 2.05) is 20.8 Å². The van der Waals surface area contributed by atoms with Crippen LogP contribution in [-0.2, 0) is 14.8 Å². The molecule has 2 aromatic rings. The molecular weight excluding hydrogens is 393 g/mol. The van der Waals surface area contributed by atoms with E-state index in [-0.39, 0.29) is 11.7 Å². The van der Waals surface area contributed by atoms with Crippen LogP contribution in [0, 0.1) is 11.2 Å². The van der Waals surface area contributed by atoms with Crippen LogP contribution < -0.4 is 4.72 Å². The first kappa shape index (κ1) is 21.0. The van der Waals surface area contributed by atoms with Gasteiger partial charge in [-0.25, -0.2) is 17.8 Å². The van der Waals surface area contributed by atoms with Gasteiger partial charge in [-0.1, -0.05) is 45.0 Å². The van der Waals surface area contributed by atoms with Crippen molar-refractivity contribution in [3.05, 3.63) is 65.5 Å². The summed E-state index contributed by atoms with van der Waals surface area (Å²) in [7, 11) is -3.42. The van der Waals surface area contributed by atoms with E-state index in [0.29, 0.717) is 28.9 Å². The van der Waals surface area contributed by atoms with Gasteiger partial charge in [-0.3, -0.25) is 9.52 Å². The van der Waals surface area contributed by atoms with Crippen LogP contribution >= 0.6 is 0 Å². The molecule has 0 aliphatic carbocycles. The molecular formula is C21H24FN3O3S. The molecule has 3 rings (SSSR count). The Morgan fingerprint density at radius 1 is 1.17 bits per heavy atom. The monoisotopic (exact) mass is 417 g/mol. The second-order valence-electron chi connectivity index (χ2n) is 8.18. The molecule has 0 unspecified atom stereocenters. The highest BCUT2D eigenvalue weighted by atomic mass is 32.2. The van der Waals surface area contributed by atoms with Crippen molar-refractivity contribution >= 4 is 27.3 Å². The molecule has 0 saturated carbocycles. The van der Waals surface area contributed by atoms with Crippen molar-refractivity contribution in [3.63, 3.8) is 0 Å². The molecule has 6 nitrogen and oxygen atoms in total. The molecule has 154 valence electrons. The van der Waals surface area contributed by atoms with Crippen molar-refractivity contribution in [3.8, 4) is 0 Å². The first-order chi connectivity index (χ1) is 13.4. The summed E-state index contributed by atoms with van der Waals surface area (Å²) in [5.74, 6) is -0.550. The molecule has 1 heterocycles. The third kappa shape index (κ3) is 5.00. The van der Waals surface area contributed by atoms with Gasteiger partial charge in [-0.2, -0.15) is 5.10 Å². The zero-order chi connectivity index (χ0) is 21.4. The summed E-state index contributed by atoms with van der Waals surface area (Å²) in [6.45, 7) is 5.42. The Kier molecular flexibility index (Phi) is 5.49. The number of hydrogen-bond acceptors (Lipinski definition) is 4. The average Bonchev–Trinajstić information content (AvgIpc) is 3.04. The van der Waals surface area contributed by atoms with E-state index in [0.717, 1.165) is 6.26 Å². The summed E-state index contributed by atoms with van der Waals surface area (Å²) in [4.78, 5) is 13.0. The van der Waals surface area contributed by atoms with Gasteiger partial charge < -0.3 is 0 Å². The Labute approximate surface area is 170 Å². The lowest BCUT2D eigenvalue weighted by atomic mass is 9.93. The zero-order valence-electron chi connectivity index (χ0n) is 16.8. The number of carbonyl (C=O) groups excluding carboxylic acids is 1. The van der Waals surface area contributed by atoms with Gasteiger partial charge in [-0.15, -0.1) is 0 Å². The van der Waals surface area contributed by atoms with Crippen molar-refractivity contribution in [2.45, 2.75) is 33.2 Å². The fourth-order valence-corrected chi connectivity index (χ4v) is 3.72. The first-order valence-corrected chi connectivity index (χ1v) is 11.1. The summed E-state index contributed by atoms with van der Waals surface area (Å²) >= 11 is 0. The lowest BCUT2D eigenvalue weighted by Gasteiger charge is -2.28. The van der Waals surface area contributed by atoms with Crippen LogP contribution in [0.25, 0.3) is 0 Å². The molecule has 8 heteroatoms. The van der Waals surface area contributed by atoms with Crippen LogP contribution in [0.3, 0.4) is 0 Å². The van der Waals surface area contributed by atoms with Gasteiger partial charge >= 0.3 is 0 Å². The Morgan fingerprint density at radius 3 is 2.48 bits per heavy atom. The molecule has 0 fully saturated rings. The molecule has 0 radical (unpaired) electrons. The number of benzene rings is 2. The van der Waals surface area contributed by atoms with Gasteiger partial charge in [-0.05, 0) is 35.4 Å². The highest BCUT2D eigenvalue weighted by Gasteiger charge is 2.38. The van der Waals surface area contributed by atoms with Gasteiger partial charge in [0.05, 0.1) is 18.0 Å². The fraction of sp³-hybridized carbons (Fsp3) is 0.333. The van der Waals surface area contributed by atoms with E-state index >= 15 is 0 Å². The molecule has 0 spiro atoms. The zero-order valence-corrected chi connectivity index (χ0v) is 17.6. The molecule has 29 heavy (non-hydrogen) atoms. The summed E-state index contributed by atoms with van der Waals surface area (Å²) in [5, 5.41) is 5.97. The maximum atomic E-state index is 13.8. The summed E-state index contributed by atoms with van der Waals surface area (Å²) < 4.78 is 39.3. The smallest absolute Gasteiger partial charge is 0.248 e. The topological polar surface area (TPSA) is 78.8 Å². The van der Waals surface area contributed by atoms with Crippen molar-refractivity contribution in [1.82, 2.24) is 5.01 Å². The molecule has 1 aliphatic rings. The Bertz CT molecular complexity index is 1070. The van der Waals surface area contributed by atoms with Crippen molar-refractivity contribution in [1.29, 1.82) is 0 Å². The van der Waals surface area contributed by atoms with Gasteiger partial charge in [0, 0.05) is 17.5 Å². The second kappa shape index (κ2) is 7.59. The Balaban J connectivity index is 2.00. The van der Waals surface area contributed by atoms with E-state index in [2.05, 4.69) is 9.82 Å². The van der Waals surface area contributed by atoms with Crippen molar-refractivity contribution < 1.29 is 17.6 Å². The summed E-state index contributed by atoms with van der Waals surface area (Å²) in [5.41, 5.74) is 1.74. The highest BCUT2D eigenvalue weighted by molar-refractivity contribution is 7.92. The number of sulfonamides is 1. The minimum absolute atomic E-state index is 0.174. The van der Waals surface area contributed by atoms with Gasteiger partial charge in [0.25, 0.3) is 0 Å². The largest absolute Gasteiger partial charge is 0.284 e. The summed E-state index contributed by atoms with van der Waals surface area (Å²) in [6.07, 6.45) is 1.48. The minimum atomic E-state index is -3.42. The molecule has 0 bridgehead atoms. The predicted molar refractivity (Wildman–Crippen MR) is 112 cm³/mol. The van der Waals surface area contributed by atoms with Crippen LogP contribution in [-0.4, -0.2) is 31.3 Å². The number of rotatable bonds is 4. The van der Waals surface area contributed by atoms with Crippen LogP contribution in [0.5, 0.6) is 0 Å². The number of amides is 1. The number of nitrogens with zero attached hydrogens (tertiary/aromatic N) is 2. The number of anilines is 1. The van der Waals surface area contributed by atoms with E-state index in [1.165, 1.54) is 17.1 Å². The molecule has 0 aromatic heterocycles. The maximum absolute atomic E-state index is 13.8.